The van der Waals surface area contributed by atoms with Crippen LogP contribution >= 0.6 is 11.3 Å². The topological polar surface area (TPSA) is 62.2 Å². The first-order valence-electron chi connectivity index (χ1n) is 5.51. The number of hydrogen-bond donors (Lipinski definition) is 2. The van der Waals surface area contributed by atoms with E-state index in [4.69, 9.17) is 5.11 Å². The van der Waals surface area contributed by atoms with Gasteiger partial charge in [0.05, 0.1) is 5.69 Å². The van der Waals surface area contributed by atoms with Crippen LogP contribution in [0.15, 0.2) is 35.7 Å². The highest BCUT2D eigenvalue weighted by molar-refractivity contribution is 7.13. The number of carbonyl (C=O) groups is 1. The fourth-order valence-corrected chi connectivity index (χ4v) is 2.27. The van der Waals surface area contributed by atoms with Crippen molar-refractivity contribution in [1.82, 2.24) is 4.98 Å². The number of benzene rings is 1. The Morgan fingerprint density at radius 2 is 2.00 bits per heavy atom. The molecule has 0 aliphatic carbocycles. The van der Waals surface area contributed by atoms with Gasteiger partial charge in [-0.3, -0.25) is 4.79 Å². The van der Waals surface area contributed by atoms with Crippen LogP contribution in [-0.2, 0) is 10.2 Å². The maximum Gasteiger partial charge on any atom is 0.315 e. The highest BCUT2D eigenvalue weighted by Gasteiger charge is 2.32. The van der Waals surface area contributed by atoms with Crippen molar-refractivity contribution in [3.63, 3.8) is 0 Å². The van der Waals surface area contributed by atoms with Crippen molar-refractivity contribution in [3.05, 3.63) is 41.4 Å². The molecule has 5 heteroatoms. The van der Waals surface area contributed by atoms with Crippen LogP contribution < -0.4 is 5.32 Å². The lowest BCUT2D eigenvalue weighted by Gasteiger charge is -2.15. The van der Waals surface area contributed by atoms with Crippen LogP contribution in [0.2, 0.25) is 0 Å². The highest BCUT2D eigenvalue weighted by atomic mass is 32.1. The Bertz CT molecular complexity index is 549. The average Bonchev–Trinajstić information content (AvgIpc) is 2.79. The number of nitrogens with one attached hydrogen (secondary N) is 1. The molecule has 0 fully saturated rings. The molecule has 1 aromatic heterocycles. The Balaban J connectivity index is 2.19. The summed E-state index contributed by atoms with van der Waals surface area (Å²) >= 11 is 1.40. The standard InChI is InChI=1S/C13H14N2O2S/c1-13(2,11(16)17)10-8-18-12(15-10)14-9-6-4-3-5-7-9/h3-8H,1-2H3,(H,14,15)(H,16,17). The lowest BCUT2D eigenvalue weighted by molar-refractivity contribution is -0.142. The summed E-state index contributed by atoms with van der Waals surface area (Å²) in [7, 11) is 0. The van der Waals surface area contributed by atoms with E-state index in [9.17, 15) is 4.79 Å². The number of carboxylic acids is 1. The van der Waals surface area contributed by atoms with Crippen LogP contribution in [0.3, 0.4) is 0 Å². The van der Waals surface area contributed by atoms with E-state index in [2.05, 4.69) is 10.3 Å². The minimum Gasteiger partial charge on any atom is -0.481 e. The first kappa shape index (κ1) is 12.6. The van der Waals surface area contributed by atoms with Gasteiger partial charge in [-0.15, -0.1) is 11.3 Å². The number of rotatable bonds is 4. The van der Waals surface area contributed by atoms with Crippen molar-refractivity contribution in [3.8, 4) is 0 Å². The molecule has 0 amide bonds. The molecule has 0 radical (unpaired) electrons. The van der Waals surface area contributed by atoms with Gasteiger partial charge in [0.15, 0.2) is 5.13 Å². The summed E-state index contributed by atoms with van der Waals surface area (Å²) in [6.07, 6.45) is 0. The van der Waals surface area contributed by atoms with Gasteiger partial charge in [-0.05, 0) is 26.0 Å². The summed E-state index contributed by atoms with van der Waals surface area (Å²) in [5.74, 6) is -0.876. The largest absolute Gasteiger partial charge is 0.481 e. The van der Waals surface area contributed by atoms with E-state index in [1.807, 2.05) is 30.3 Å². The Morgan fingerprint density at radius 1 is 1.33 bits per heavy atom. The second-order valence-corrected chi connectivity index (χ2v) is 5.32. The number of para-hydroxylation sites is 1. The van der Waals surface area contributed by atoms with E-state index < -0.39 is 11.4 Å². The predicted molar refractivity (Wildman–Crippen MR) is 72.5 cm³/mol. The SMILES string of the molecule is CC(C)(C(=O)O)c1csc(Nc2ccccc2)n1. The lowest BCUT2D eigenvalue weighted by atomic mass is 9.90. The van der Waals surface area contributed by atoms with Crippen molar-refractivity contribution in [2.75, 3.05) is 5.32 Å². The van der Waals surface area contributed by atoms with Crippen molar-refractivity contribution in [2.24, 2.45) is 0 Å². The smallest absolute Gasteiger partial charge is 0.315 e. The predicted octanol–water partition coefficient (Wildman–Crippen LogP) is 3.25. The van der Waals surface area contributed by atoms with Gasteiger partial charge in [-0.2, -0.15) is 0 Å². The third kappa shape index (κ3) is 2.51. The molecule has 0 aliphatic rings. The molecule has 4 nitrogen and oxygen atoms in total. The van der Waals surface area contributed by atoms with Crippen molar-refractivity contribution in [2.45, 2.75) is 19.3 Å². The zero-order valence-corrected chi connectivity index (χ0v) is 11.0. The monoisotopic (exact) mass is 262 g/mol. The molecule has 0 atom stereocenters. The highest BCUT2D eigenvalue weighted by Crippen LogP contribution is 2.28. The molecule has 0 bridgehead atoms. The van der Waals surface area contributed by atoms with Gasteiger partial charge in [0.25, 0.3) is 0 Å². The second kappa shape index (κ2) is 4.78. The fourth-order valence-electron chi connectivity index (χ4n) is 1.37. The van der Waals surface area contributed by atoms with Crippen LogP contribution in [-0.4, -0.2) is 16.1 Å². The van der Waals surface area contributed by atoms with Crippen molar-refractivity contribution in [1.29, 1.82) is 0 Å². The average molecular weight is 262 g/mol. The molecule has 2 aromatic rings. The number of carboxylic acid groups (broad SMARTS) is 1. The van der Waals surface area contributed by atoms with Gasteiger partial charge in [-0.1, -0.05) is 18.2 Å². The van der Waals surface area contributed by atoms with Crippen LogP contribution in [0, 0.1) is 0 Å². The maximum atomic E-state index is 11.1. The molecule has 1 heterocycles. The van der Waals surface area contributed by atoms with Gasteiger partial charge in [0.2, 0.25) is 0 Å². The quantitative estimate of drug-likeness (QED) is 0.887. The van der Waals surface area contributed by atoms with Gasteiger partial charge in [0.1, 0.15) is 5.41 Å². The first-order chi connectivity index (χ1) is 8.50. The van der Waals surface area contributed by atoms with Gasteiger partial charge in [0, 0.05) is 11.1 Å². The van der Waals surface area contributed by atoms with E-state index >= 15 is 0 Å². The zero-order chi connectivity index (χ0) is 13.2. The normalized spacial score (nSPS) is 11.2. The number of thiazole rings is 1. The van der Waals surface area contributed by atoms with Crippen LogP contribution in [0.4, 0.5) is 10.8 Å². The lowest BCUT2D eigenvalue weighted by Crippen LogP contribution is -2.28. The summed E-state index contributed by atoms with van der Waals surface area (Å²) < 4.78 is 0. The first-order valence-corrected chi connectivity index (χ1v) is 6.39. The van der Waals surface area contributed by atoms with Gasteiger partial charge in [-0.25, -0.2) is 4.98 Å². The van der Waals surface area contributed by atoms with Crippen molar-refractivity contribution < 1.29 is 9.90 Å². The van der Waals surface area contributed by atoms with Crippen molar-refractivity contribution >= 4 is 28.1 Å². The molecule has 94 valence electrons. The molecule has 0 unspecified atom stereocenters. The Labute approximate surface area is 109 Å². The van der Waals surface area contributed by atoms with Gasteiger partial charge >= 0.3 is 5.97 Å². The maximum absolute atomic E-state index is 11.1. The van der Waals surface area contributed by atoms with Crippen LogP contribution in [0.1, 0.15) is 19.5 Å². The molecule has 2 N–H and O–H groups in total. The number of anilines is 2. The number of aliphatic carboxylic acids is 1. The van der Waals surface area contributed by atoms with E-state index in [1.54, 1.807) is 19.2 Å². The Kier molecular flexibility index (Phi) is 3.34. The van der Waals surface area contributed by atoms with Crippen LogP contribution in [0.5, 0.6) is 0 Å². The minimum atomic E-state index is -0.965. The van der Waals surface area contributed by atoms with E-state index in [0.29, 0.717) is 10.8 Å². The van der Waals surface area contributed by atoms with E-state index in [0.717, 1.165) is 5.69 Å². The molecular formula is C13H14N2O2S. The molecule has 0 saturated heterocycles. The summed E-state index contributed by atoms with van der Waals surface area (Å²) in [6.45, 7) is 3.30. The summed E-state index contributed by atoms with van der Waals surface area (Å²) in [4.78, 5) is 15.5. The Morgan fingerprint density at radius 3 is 2.61 bits per heavy atom. The third-order valence-electron chi connectivity index (χ3n) is 2.70. The summed E-state index contributed by atoms with van der Waals surface area (Å²) in [5, 5.41) is 14.8. The minimum absolute atomic E-state index is 0.568. The van der Waals surface area contributed by atoms with Gasteiger partial charge < -0.3 is 10.4 Å². The Hall–Kier alpha value is -1.88. The number of aromatic nitrogens is 1. The molecule has 2 rings (SSSR count). The summed E-state index contributed by atoms with van der Waals surface area (Å²) in [6, 6.07) is 9.66. The zero-order valence-electron chi connectivity index (χ0n) is 10.2. The molecule has 18 heavy (non-hydrogen) atoms. The molecular weight excluding hydrogens is 248 g/mol. The molecule has 1 aromatic carbocycles. The van der Waals surface area contributed by atoms with E-state index in [1.165, 1.54) is 11.3 Å². The number of hydrogen-bond acceptors (Lipinski definition) is 4. The van der Waals surface area contributed by atoms with Crippen LogP contribution in [0.25, 0.3) is 0 Å². The molecule has 0 spiro atoms. The second-order valence-electron chi connectivity index (χ2n) is 4.46. The fraction of sp³-hybridized carbons (Fsp3) is 0.231. The summed E-state index contributed by atoms with van der Waals surface area (Å²) in [5.41, 5.74) is 0.539. The van der Waals surface area contributed by atoms with E-state index in [-0.39, 0.29) is 0 Å². The number of nitrogens with zero attached hydrogens (tertiary/aromatic N) is 1. The molecule has 0 aliphatic heterocycles. The third-order valence-corrected chi connectivity index (χ3v) is 3.46. The molecule has 0 saturated carbocycles.